The van der Waals surface area contributed by atoms with Crippen molar-refractivity contribution in [1.29, 1.82) is 5.26 Å². The maximum absolute atomic E-state index is 11.0. The van der Waals surface area contributed by atoms with Crippen molar-refractivity contribution in [1.82, 2.24) is 0 Å². The van der Waals surface area contributed by atoms with Crippen molar-refractivity contribution in [3.63, 3.8) is 0 Å². The summed E-state index contributed by atoms with van der Waals surface area (Å²) in [7, 11) is 0. The number of nitrogens with zero attached hydrogens (tertiary/aromatic N) is 1. The second-order valence-electron chi connectivity index (χ2n) is 5.07. The van der Waals surface area contributed by atoms with E-state index in [2.05, 4.69) is 11.4 Å². The number of amides is 1. The van der Waals surface area contributed by atoms with Crippen LogP contribution in [-0.4, -0.2) is 11.9 Å². The molecule has 0 saturated heterocycles. The third-order valence-electron chi connectivity index (χ3n) is 3.70. The van der Waals surface area contributed by atoms with Gasteiger partial charge in [0.05, 0.1) is 12.0 Å². The Kier molecular flexibility index (Phi) is 4.40. The molecule has 1 aromatic rings. The Morgan fingerprint density at radius 1 is 1.21 bits per heavy atom. The van der Waals surface area contributed by atoms with E-state index in [1.54, 1.807) is 12.1 Å². The van der Waals surface area contributed by atoms with Crippen LogP contribution in [0.15, 0.2) is 24.3 Å². The van der Waals surface area contributed by atoms with Crippen molar-refractivity contribution in [3.05, 3.63) is 29.8 Å². The van der Waals surface area contributed by atoms with Gasteiger partial charge in [-0.15, -0.1) is 0 Å². The molecule has 0 aliphatic heterocycles. The van der Waals surface area contributed by atoms with Gasteiger partial charge in [0.2, 0.25) is 5.91 Å². The summed E-state index contributed by atoms with van der Waals surface area (Å²) in [6, 6.07) is 9.72. The highest BCUT2D eigenvalue weighted by atomic mass is 16.1. The van der Waals surface area contributed by atoms with Crippen molar-refractivity contribution >= 4 is 11.6 Å². The smallest absolute Gasteiger partial charge is 0.248 e. The Balaban J connectivity index is 2.06. The Morgan fingerprint density at radius 3 is 2.53 bits per heavy atom. The summed E-state index contributed by atoms with van der Waals surface area (Å²) in [6.45, 7) is 0. The molecule has 0 bridgehead atoms. The van der Waals surface area contributed by atoms with Crippen LogP contribution in [0.2, 0.25) is 0 Å². The molecule has 2 unspecified atom stereocenters. The topological polar surface area (TPSA) is 78.9 Å². The molecule has 2 rings (SSSR count). The number of nitrogens with two attached hydrogens (primary N) is 1. The molecule has 1 aliphatic rings. The number of nitriles is 1. The summed E-state index contributed by atoms with van der Waals surface area (Å²) >= 11 is 0. The average molecular weight is 257 g/mol. The number of carbonyl (C=O) groups excluding carboxylic acids is 1. The van der Waals surface area contributed by atoms with Gasteiger partial charge in [0.25, 0.3) is 0 Å². The van der Waals surface area contributed by atoms with Crippen LogP contribution in [0.5, 0.6) is 0 Å². The molecule has 0 spiro atoms. The summed E-state index contributed by atoms with van der Waals surface area (Å²) < 4.78 is 0. The minimum Gasteiger partial charge on any atom is -0.381 e. The molecule has 1 fully saturated rings. The van der Waals surface area contributed by atoms with Crippen molar-refractivity contribution in [2.24, 2.45) is 11.7 Å². The fourth-order valence-electron chi connectivity index (χ4n) is 2.58. The summed E-state index contributed by atoms with van der Waals surface area (Å²) in [5.74, 6) is -0.353. The molecule has 0 radical (unpaired) electrons. The molecule has 0 heterocycles. The molecule has 4 heteroatoms. The van der Waals surface area contributed by atoms with E-state index in [0.717, 1.165) is 31.4 Å². The number of nitrogens with one attached hydrogen (secondary N) is 1. The third kappa shape index (κ3) is 3.47. The summed E-state index contributed by atoms with van der Waals surface area (Å²) in [4.78, 5) is 11.0. The average Bonchev–Trinajstić information content (AvgIpc) is 2.64. The molecular weight excluding hydrogens is 238 g/mol. The minimum absolute atomic E-state index is 0.0679. The van der Waals surface area contributed by atoms with E-state index in [-0.39, 0.29) is 12.0 Å². The normalized spacial score (nSPS) is 23.1. The van der Waals surface area contributed by atoms with Gasteiger partial charge in [-0.05, 0) is 37.1 Å². The summed E-state index contributed by atoms with van der Waals surface area (Å²) in [5.41, 5.74) is 6.65. The molecule has 3 N–H and O–H groups in total. The van der Waals surface area contributed by atoms with Gasteiger partial charge in [-0.25, -0.2) is 0 Å². The standard InChI is InChI=1S/C15H19N3O/c16-10-12-4-2-1-3-5-14(12)18-13-8-6-11(7-9-13)15(17)19/h6-9,12,14,18H,1-5H2,(H2,17,19). The first-order valence-electron chi connectivity index (χ1n) is 6.76. The molecular formula is C15H19N3O. The van der Waals surface area contributed by atoms with Crippen molar-refractivity contribution in [2.75, 3.05) is 5.32 Å². The van der Waals surface area contributed by atoms with Crippen LogP contribution in [0.1, 0.15) is 42.5 Å². The Morgan fingerprint density at radius 2 is 1.89 bits per heavy atom. The third-order valence-corrected chi connectivity index (χ3v) is 3.70. The fraction of sp³-hybridized carbons (Fsp3) is 0.467. The second-order valence-corrected chi connectivity index (χ2v) is 5.07. The zero-order chi connectivity index (χ0) is 13.7. The maximum Gasteiger partial charge on any atom is 0.248 e. The van der Waals surface area contributed by atoms with Crippen LogP contribution in [0.4, 0.5) is 5.69 Å². The van der Waals surface area contributed by atoms with Gasteiger partial charge in [0.15, 0.2) is 0 Å². The molecule has 4 nitrogen and oxygen atoms in total. The van der Waals surface area contributed by atoms with E-state index in [1.165, 1.54) is 6.42 Å². The highest BCUT2D eigenvalue weighted by molar-refractivity contribution is 5.93. The second kappa shape index (κ2) is 6.24. The number of anilines is 1. The summed E-state index contributed by atoms with van der Waals surface area (Å²) in [5, 5.41) is 12.6. The highest BCUT2D eigenvalue weighted by Crippen LogP contribution is 2.26. The minimum atomic E-state index is -0.420. The van der Waals surface area contributed by atoms with E-state index >= 15 is 0 Å². The predicted molar refractivity (Wildman–Crippen MR) is 74.6 cm³/mol. The quantitative estimate of drug-likeness (QED) is 0.817. The van der Waals surface area contributed by atoms with Gasteiger partial charge >= 0.3 is 0 Å². The van der Waals surface area contributed by atoms with Gasteiger partial charge < -0.3 is 11.1 Å². The number of carbonyl (C=O) groups is 1. The molecule has 1 amide bonds. The monoisotopic (exact) mass is 257 g/mol. The molecule has 2 atom stereocenters. The van der Waals surface area contributed by atoms with Crippen LogP contribution in [0, 0.1) is 17.2 Å². The van der Waals surface area contributed by atoms with Crippen molar-refractivity contribution < 1.29 is 4.79 Å². The van der Waals surface area contributed by atoms with E-state index in [4.69, 9.17) is 5.73 Å². The first-order chi connectivity index (χ1) is 9.20. The first-order valence-corrected chi connectivity index (χ1v) is 6.76. The molecule has 100 valence electrons. The predicted octanol–water partition coefficient (Wildman–Crippen LogP) is 2.67. The number of benzene rings is 1. The molecule has 1 saturated carbocycles. The Hall–Kier alpha value is -2.02. The van der Waals surface area contributed by atoms with E-state index in [0.29, 0.717) is 5.56 Å². The van der Waals surface area contributed by atoms with Crippen molar-refractivity contribution in [2.45, 2.75) is 38.1 Å². The number of primary amides is 1. The van der Waals surface area contributed by atoms with Gasteiger partial charge in [0, 0.05) is 17.3 Å². The highest BCUT2D eigenvalue weighted by Gasteiger charge is 2.23. The summed E-state index contributed by atoms with van der Waals surface area (Å²) in [6.07, 6.45) is 5.49. The lowest BCUT2D eigenvalue weighted by molar-refractivity contribution is 0.100. The maximum atomic E-state index is 11.0. The van der Waals surface area contributed by atoms with Crippen LogP contribution in [0.3, 0.4) is 0 Å². The van der Waals surface area contributed by atoms with Crippen LogP contribution in [0.25, 0.3) is 0 Å². The van der Waals surface area contributed by atoms with Crippen molar-refractivity contribution in [3.8, 4) is 6.07 Å². The van der Waals surface area contributed by atoms with Gasteiger partial charge in [0.1, 0.15) is 0 Å². The largest absolute Gasteiger partial charge is 0.381 e. The number of rotatable bonds is 3. The zero-order valence-corrected chi connectivity index (χ0v) is 10.9. The zero-order valence-electron chi connectivity index (χ0n) is 10.9. The van der Waals surface area contributed by atoms with Gasteiger partial charge in [-0.3, -0.25) is 4.79 Å². The molecule has 1 aromatic carbocycles. The molecule has 1 aliphatic carbocycles. The SMILES string of the molecule is N#CC1CCCCCC1Nc1ccc(C(N)=O)cc1. The lowest BCUT2D eigenvalue weighted by atomic mass is 9.96. The van der Waals surface area contributed by atoms with Gasteiger partial charge in [-0.2, -0.15) is 5.26 Å². The lowest BCUT2D eigenvalue weighted by Gasteiger charge is -2.22. The Labute approximate surface area is 113 Å². The van der Waals surface area contributed by atoms with Crippen LogP contribution < -0.4 is 11.1 Å². The van der Waals surface area contributed by atoms with E-state index in [9.17, 15) is 10.1 Å². The fourth-order valence-corrected chi connectivity index (χ4v) is 2.58. The Bertz CT molecular complexity index is 475. The van der Waals surface area contributed by atoms with Gasteiger partial charge in [-0.1, -0.05) is 19.3 Å². The molecule has 0 aromatic heterocycles. The van der Waals surface area contributed by atoms with Crippen LogP contribution >= 0.6 is 0 Å². The number of hydrogen-bond donors (Lipinski definition) is 2. The lowest BCUT2D eigenvalue weighted by Crippen LogP contribution is -2.27. The molecule has 19 heavy (non-hydrogen) atoms. The number of hydrogen-bond acceptors (Lipinski definition) is 3. The van der Waals surface area contributed by atoms with E-state index < -0.39 is 5.91 Å². The van der Waals surface area contributed by atoms with E-state index in [1.807, 2.05) is 12.1 Å². The van der Waals surface area contributed by atoms with Crippen LogP contribution in [-0.2, 0) is 0 Å². The first kappa shape index (κ1) is 13.4.